The summed E-state index contributed by atoms with van der Waals surface area (Å²) in [6.07, 6.45) is 1.26. The van der Waals surface area contributed by atoms with Crippen molar-refractivity contribution in [3.05, 3.63) is 57.0 Å². The highest BCUT2D eigenvalue weighted by atomic mass is 79.9. The Morgan fingerprint density at radius 3 is 2.67 bits per heavy atom. The number of benzene rings is 2. The number of aromatic hydroxyl groups is 2. The van der Waals surface area contributed by atoms with Crippen LogP contribution in [0.4, 0.5) is 0 Å². The lowest BCUT2D eigenvalue weighted by molar-refractivity contribution is 0.0952. The van der Waals surface area contributed by atoms with Gasteiger partial charge in [-0.2, -0.15) is 5.10 Å². The van der Waals surface area contributed by atoms with Crippen LogP contribution in [0.15, 0.2) is 46.0 Å². The predicted molar refractivity (Wildman–Crippen MR) is 84.0 cm³/mol. The van der Waals surface area contributed by atoms with E-state index in [-0.39, 0.29) is 17.1 Å². The molecule has 2 aromatic rings. The zero-order chi connectivity index (χ0) is 15.4. The Morgan fingerprint density at radius 2 is 1.95 bits per heavy atom. The maximum Gasteiger partial charge on any atom is 0.275 e. The van der Waals surface area contributed by atoms with E-state index in [2.05, 4.69) is 26.5 Å². The van der Waals surface area contributed by atoms with Crippen LogP contribution in [0.2, 0.25) is 5.02 Å². The fourth-order valence-corrected chi connectivity index (χ4v) is 2.08. The van der Waals surface area contributed by atoms with E-state index in [1.165, 1.54) is 36.5 Å². The van der Waals surface area contributed by atoms with E-state index in [1.807, 2.05) is 0 Å². The Bertz CT molecular complexity index is 719. The molecule has 108 valence electrons. The fourth-order valence-electron chi connectivity index (χ4n) is 1.55. The molecule has 0 saturated carbocycles. The molecule has 0 radical (unpaired) electrons. The van der Waals surface area contributed by atoms with E-state index in [0.29, 0.717) is 15.1 Å². The molecule has 3 N–H and O–H groups in total. The number of hydrogen-bond acceptors (Lipinski definition) is 4. The summed E-state index contributed by atoms with van der Waals surface area (Å²) in [6, 6.07) is 8.95. The van der Waals surface area contributed by atoms with Gasteiger partial charge in [0.1, 0.15) is 11.5 Å². The predicted octanol–water partition coefficient (Wildman–Crippen LogP) is 3.28. The standard InChI is InChI=1S/C14H10BrClN2O3/c15-9-1-3-11(13(20)6-9)14(21)18-17-7-8-5-10(16)2-4-12(8)19/h1-7,19-20H,(H,18,21)/b17-7-. The van der Waals surface area contributed by atoms with Crippen LogP contribution in [0.25, 0.3) is 0 Å². The van der Waals surface area contributed by atoms with Crippen LogP contribution in [0.3, 0.4) is 0 Å². The Labute approximate surface area is 134 Å². The lowest BCUT2D eigenvalue weighted by Crippen LogP contribution is -2.17. The molecule has 21 heavy (non-hydrogen) atoms. The fraction of sp³-hybridized carbons (Fsp3) is 0. The van der Waals surface area contributed by atoms with Crippen molar-refractivity contribution in [1.29, 1.82) is 0 Å². The molecule has 0 heterocycles. The van der Waals surface area contributed by atoms with E-state index in [0.717, 1.165) is 0 Å². The molecule has 0 aliphatic carbocycles. The molecule has 0 fully saturated rings. The number of phenols is 2. The van der Waals surface area contributed by atoms with Gasteiger partial charge in [0, 0.05) is 15.1 Å². The second-order valence-corrected chi connectivity index (χ2v) is 5.42. The van der Waals surface area contributed by atoms with Gasteiger partial charge in [0.05, 0.1) is 11.8 Å². The van der Waals surface area contributed by atoms with Crippen molar-refractivity contribution in [2.24, 2.45) is 5.10 Å². The van der Waals surface area contributed by atoms with Gasteiger partial charge in [0.25, 0.3) is 5.91 Å². The monoisotopic (exact) mass is 368 g/mol. The third-order valence-electron chi connectivity index (χ3n) is 2.56. The maximum absolute atomic E-state index is 11.8. The van der Waals surface area contributed by atoms with Crippen molar-refractivity contribution in [3.8, 4) is 11.5 Å². The number of phenolic OH excluding ortho intramolecular Hbond substituents is 2. The van der Waals surface area contributed by atoms with Crippen LogP contribution in [0, 0.1) is 0 Å². The van der Waals surface area contributed by atoms with Crippen molar-refractivity contribution >= 4 is 39.7 Å². The summed E-state index contributed by atoms with van der Waals surface area (Å²) >= 11 is 8.97. The van der Waals surface area contributed by atoms with Gasteiger partial charge in [0.2, 0.25) is 0 Å². The lowest BCUT2D eigenvalue weighted by atomic mass is 10.2. The minimum absolute atomic E-state index is 0.0103. The number of carbonyl (C=O) groups is 1. The summed E-state index contributed by atoms with van der Waals surface area (Å²) in [4.78, 5) is 11.8. The summed E-state index contributed by atoms with van der Waals surface area (Å²) in [6.45, 7) is 0. The van der Waals surface area contributed by atoms with Crippen LogP contribution in [0.5, 0.6) is 11.5 Å². The number of rotatable bonds is 3. The Balaban J connectivity index is 2.10. The molecule has 0 spiro atoms. The highest BCUT2D eigenvalue weighted by Crippen LogP contribution is 2.22. The number of hydrazone groups is 1. The molecule has 0 aliphatic heterocycles. The Hall–Kier alpha value is -2.05. The second kappa shape index (κ2) is 6.60. The van der Waals surface area contributed by atoms with Crippen molar-refractivity contribution in [2.75, 3.05) is 0 Å². The van der Waals surface area contributed by atoms with Crippen LogP contribution in [0.1, 0.15) is 15.9 Å². The third kappa shape index (κ3) is 3.96. The summed E-state index contributed by atoms with van der Waals surface area (Å²) in [5.41, 5.74) is 2.71. The maximum atomic E-state index is 11.8. The molecule has 0 saturated heterocycles. The van der Waals surface area contributed by atoms with Crippen LogP contribution >= 0.6 is 27.5 Å². The minimum Gasteiger partial charge on any atom is -0.507 e. The summed E-state index contributed by atoms with van der Waals surface area (Å²) in [7, 11) is 0. The first-order chi connectivity index (χ1) is 9.97. The van der Waals surface area contributed by atoms with Gasteiger partial charge in [-0.1, -0.05) is 27.5 Å². The molecule has 1 amide bonds. The normalized spacial score (nSPS) is 10.8. The number of nitrogens with zero attached hydrogens (tertiary/aromatic N) is 1. The molecule has 0 bridgehead atoms. The number of amides is 1. The number of halogens is 2. The number of carbonyl (C=O) groups excluding carboxylic acids is 1. The first kappa shape index (κ1) is 15.3. The van der Waals surface area contributed by atoms with Gasteiger partial charge in [0.15, 0.2) is 0 Å². The van der Waals surface area contributed by atoms with Gasteiger partial charge >= 0.3 is 0 Å². The molecule has 7 heteroatoms. The average Bonchev–Trinajstić information content (AvgIpc) is 2.42. The topological polar surface area (TPSA) is 81.9 Å². The molecule has 0 atom stereocenters. The number of hydrogen-bond donors (Lipinski definition) is 3. The average molecular weight is 370 g/mol. The van der Waals surface area contributed by atoms with Gasteiger partial charge in [-0.15, -0.1) is 0 Å². The smallest absolute Gasteiger partial charge is 0.275 e. The molecular formula is C14H10BrClN2O3. The highest BCUT2D eigenvalue weighted by molar-refractivity contribution is 9.10. The minimum atomic E-state index is -0.572. The quantitative estimate of drug-likeness (QED) is 0.573. The van der Waals surface area contributed by atoms with Gasteiger partial charge in [-0.25, -0.2) is 5.43 Å². The highest BCUT2D eigenvalue weighted by Gasteiger charge is 2.10. The molecule has 2 aromatic carbocycles. The molecule has 2 rings (SSSR count). The van der Waals surface area contributed by atoms with Gasteiger partial charge < -0.3 is 10.2 Å². The molecule has 5 nitrogen and oxygen atoms in total. The molecular weight excluding hydrogens is 360 g/mol. The Morgan fingerprint density at radius 1 is 1.19 bits per heavy atom. The van der Waals surface area contributed by atoms with E-state index in [1.54, 1.807) is 6.07 Å². The third-order valence-corrected chi connectivity index (χ3v) is 3.29. The van der Waals surface area contributed by atoms with Crippen molar-refractivity contribution in [2.45, 2.75) is 0 Å². The van der Waals surface area contributed by atoms with Crippen LogP contribution in [-0.2, 0) is 0 Å². The van der Waals surface area contributed by atoms with E-state index >= 15 is 0 Å². The number of nitrogens with one attached hydrogen (secondary N) is 1. The molecule has 0 unspecified atom stereocenters. The van der Waals surface area contributed by atoms with Gasteiger partial charge in [-0.05, 0) is 36.4 Å². The van der Waals surface area contributed by atoms with E-state index < -0.39 is 5.91 Å². The van der Waals surface area contributed by atoms with Crippen molar-refractivity contribution in [1.82, 2.24) is 5.43 Å². The zero-order valence-corrected chi connectivity index (χ0v) is 12.9. The van der Waals surface area contributed by atoms with Crippen LogP contribution < -0.4 is 5.43 Å². The van der Waals surface area contributed by atoms with Crippen molar-refractivity contribution in [3.63, 3.8) is 0 Å². The Kier molecular flexibility index (Phi) is 4.82. The SMILES string of the molecule is O=C(N/N=C\c1cc(Cl)ccc1O)c1ccc(Br)cc1O. The first-order valence-corrected chi connectivity index (χ1v) is 6.95. The van der Waals surface area contributed by atoms with Crippen molar-refractivity contribution < 1.29 is 15.0 Å². The summed E-state index contributed by atoms with van der Waals surface area (Å²) < 4.78 is 0.656. The lowest BCUT2D eigenvalue weighted by Gasteiger charge is -2.03. The van der Waals surface area contributed by atoms with Crippen LogP contribution in [-0.4, -0.2) is 22.3 Å². The zero-order valence-electron chi connectivity index (χ0n) is 10.5. The summed E-state index contributed by atoms with van der Waals surface area (Å²) in [5, 5.41) is 23.4. The largest absolute Gasteiger partial charge is 0.507 e. The first-order valence-electron chi connectivity index (χ1n) is 5.78. The van der Waals surface area contributed by atoms with E-state index in [9.17, 15) is 15.0 Å². The van der Waals surface area contributed by atoms with E-state index in [4.69, 9.17) is 11.6 Å². The summed E-state index contributed by atoms with van der Waals surface area (Å²) in [5.74, 6) is -0.746. The molecule has 0 aromatic heterocycles. The van der Waals surface area contributed by atoms with Gasteiger partial charge in [-0.3, -0.25) is 4.79 Å². The second-order valence-electron chi connectivity index (χ2n) is 4.06. The molecule has 0 aliphatic rings.